The van der Waals surface area contributed by atoms with Gasteiger partial charge in [0.05, 0.1) is 12.0 Å². The van der Waals surface area contributed by atoms with Gasteiger partial charge in [0.2, 0.25) is 0 Å². The van der Waals surface area contributed by atoms with Gasteiger partial charge in [0.15, 0.2) is 5.82 Å². The van der Waals surface area contributed by atoms with E-state index in [1.54, 1.807) is 24.6 Å². The number of hydrogen-bond donors (Lipinski definition) is 1. The third kappa shape index (κ3) is 4.35. The van der Waals surface area contributed by atoms with Crippen LogP contribution < -0.4 is 5.32 Å². The van der Waals surface area contributed by atoms with Crippen LogP contribution in [-0.4, -0.2) is 34.7 Å². The predicted octanol–water partition coefficient (Wildman–Crippen LogP) is 6.53. The lowest BCUT2D eigenvalue weighted by molar-refractivity contribution is 0.190. The molecular weight excluding hydrogens is 428 g/mol. The first-order valence-electron chi connectivity index (χ1n) is 10.9. The molecule has 0 bridgehead atoms. The van der Waals surface area contributed by atoms with E-state index in [9.17, 15) is 0 Å². The molecule has 33 heavy (non-hydrogen) atoms. The van der Waals surface area contributed by atoms with Crippen molar-refractivity contribution in [3.05, 3.63) is 85.1 Å². The number of hydrogen-bond acceptors (Lipinski definition) is 6. The molecule has 6 heteroatoms. The Bertz CT molecular complexity index is 1360. The van der Waals surface area contributed by atoms with Gasteiger partial charge in [-0.1, -0.05) is 66.7 Å². The molecule has 164 valence electrons. The second-order valence-corrected chi connectivity index (χ2v) is 8.83. The third-order valence-corrected chi connectivity index (χ3v) is 6.48. The smallest absolute Gasteiger partial charge is 0.181 e. The van der Waals surface area contributed by atoms with E-state index in [4.69, 9.17) is 14.7 Å². The summed E-state index contributed by atoms with van der Waals surface area (Å²) < 4.78 is 5.38. The molecule has 0 aliphatic carbocycles. The summed E-state index contributed by atoms with van der Waals surface area (Å²) in [4.78, 5) is 16.5. The zero-order valence-electron chi connectivity index (χ0n) is 18.5. The van der Waals surface area contributed by atoms with Crippen molar-refractivity contribution >= 4 is 27.4 Å². The Morgan fingerprint density at radius 3 is 2.24 bits per heavy atom. The summed E-state index contributed by atoms with van der Waals surface area (Å²) in [6.45, 7) is 2.66. The van der Waals surface area contributed by atoms with Crippen LogP contribution in [-0.2, 0) is 4.74 Å². The minimum absolute atomic E-state index is 0.0772. The van der Waals surface area contributed by atoms with Crippen molar-refractivity contribution in [2.24, 2.45) is 0 Å². The summed E-state index contributed by atoms with van der Waals surface area (Å²) in [6.07, 6.45) is 1.77. The summed E-state index contributed by atoms with van der Waals surface area (Å²) in [6, 6.07) is 26.8. The van der Waals surface area contributed by atoms with E-state index >= 15 is 0 Å². The zero-order chi connectivity index (χ0) is 22.6. The van der Waals surface area contributed by atoms with E-state index in [-0.39, 0.29) is 6.04 Å². The molecule has 2 aromatic carbocycles. The number of thiophene rings is 1. The van der Waals surface area contributed by atoms with Gasteiger partial charge in [-0.15, -0.1) is 11.3 Å². The molecule has 0 radical (unpaired) electrons. The first-order chi connectivity index (χ1) is 16.2. The van der Waals surface area contributed by atoms with Gasteiger partial charge >= 0.3 is 0 Å². The van der Waals surface area contributed by atoms with Gasteiger partial charge in [0, 0.05) is 29.8 Å². The first kappa shape index (κ1) is 21.2. The van der Waals surface area contributed by atoms with Crippen LogP contribution in [0.1, 0.15) is 6.92 Å². The summed E-state index contributed by atoms with van der Waals surface area (Å²) in [5.41, 5.74) is 4.19. The Morgan fingerprint density at radius 1 is 0.879 bits per heavy atom. The largest absolute Gasteiger partial charge is 0.383 e. The lowest BCUT2D eigenvalue weighted by atomic mass is 9.99. The van der Waals surface area contributed by atoms with E-state index in [0.29, 0.717) is 12.4 Å². The van der Waals surface area contributed by atoms with Crippen molar-refractivity contribution in [2.75, 3.05) is 19.0 Å². The van der Waals surface area contributed by atoms with Crippen LogP contribution >= 0.6 is 11.3 Å². The molecule has 0 aliphatic heterocycles. The molecule has 5 rings (SSSR count). The molecule has 1 unspecified atom stereocenters. The zero-order valence-corrected chi connectivity index (χ0v) is 19.3. The quantitative estimate of drug-likeness (QED) is 0.304. The van der Waals surface area contributed by atoms with Crippen LogP contribution in [0.3, 0.4) is 0 Å². The molecule has 1 N–H and O–H groups in total. The SMILES string of the molecule is COCC(C)Nc1nc(-c2ccccn2)nc2sc(-c3ccccc3)c(-c3ccccc3)c12. The maximum absolute atomic E-state index is 5.38. The fraction of sp³-hybridized carbons (Fsp3) is 0.148. The van der Waals surface area contributed by atoms with Crippen LogP contribution in [0.25, 0.3) is 43.3 Å². The Labute approximate surface area is 197 Å². The van der Waals surface area contributed by atoms with Crippen molar-refractivity contribution < 1.29 is 4.74 Å². The molecular formula is C27H24N4OS. The van der Waals surface area contributed by atoms with Gasteiger partial charge in [0.25, 0.3) is 0 Å². The summed E-state index contributed by atoms with van der Waals surface area (Å²) in [5, 5.41) is 4.59. The minimum atomic E-state index is 0.0772. The number of anilines is 1. The van der Waals surface area contributed by atoms with Crippen molar-refractivity contribution in [3.8, 4) is 33.1 Å². The molecule has 0 aliphatic rings. The second-order valence-electron chi connectivity index (χ2n) is 7.83. The molecule has 0 fully saturated rings. The Morgan fingerprint density at radius 2 is 1.58 bits per heavy atom. The fourth-order valence-electron chi connectivity index (χ4n) is 3.91. The van der Waals surface area contributed by atoms with E-state index in [1.165, 1.54) is 4.88 Å². The van der Waals surface area contributed by atoms with Crippen molar-refractivity contribution in [1.82, 2.24) is 15.0 Å². The highest BCUT2D eigenvalue weighted by molar-refractivity contribution is 7.22. The molecule has 5 nitrogen and oxygen atoms in total. The average Bonchev–Trinajstić information content (AvgIpc) is 3.26. The number of pyridine rings is 1. The summed E-state index contributed by atoms with van der Waals surface area (Å²) in [7, 11) is 1.71. The van der Waals surface area contributed by atoms with E-state index in [1.807, 2.05) is 30.3 Å². The molecule has 3 heterocycles. The molecule has 3 aromatic heterocycles. The minimum Gasteiger partial charge on any atom is -0.383 e. The number of nitrogens with zero attached hydrogens (tertiary/aromatic N) is 3. The van der Waals surface area contributed by atoms with Gasteiger partial charge in [0.1, 0.15) is 16.3 Å². The average molecular weight is 453 g/mol. The van der Waals surface area contributed by atoms with Gasteiger partial charge in [-0.2, -0.15) is 0 Å². The van der Waals surface area contributed by atoms with E-state index in [2.05, 4.69) is 65.8 Å². The lowest BCUT2D eigenvalue weighted by Gasteiger charge is -2.16. The number of methoxy groups -OCH3 is 1. The monoisotopic (exact) mass is 452 g/mol. The highest BCUT2D eigenvalue weighted by atomic mass is 32.1. The molecule has 0 amide bonds. The van der Waals surface area contributed by atoms with Crippen LogP contribution in [0.4, 0.5) is 5.82 Å². The highest BCUT2D eigenvalue weighted by Crippen LogP contribution is 2.46. The van der Waals surface area contributed by atoms with Crippen LogP contribution in [0, 0.1) is 0 Å². The van der Waals surface area contributed by atoms with Gasteiger partial charge in [-0.25, -0.2) is 9.97 Å². The van der Waals surface area contributed by atoms with Crippen LogP contribution in [0.15, 0.2) is 85.1 Å². The molecule has 0 saturated carbocycles. The number of nitrogens with one attached hydrogen (secondary N) is 1. The molecule has 5 aromatic rings. The second kappa shape index (κ2) is 9.48. The van der Waals surface area contributed by atoms with E-state index in [0.717, 1.165) is 38.4 Å². The maximum atomic E-state index is 5.38. The normalized spacial score (nSPS) is 12.1. The molecule has 1 atom stereocenters. The van der Waals surface area contributed by atoms with Crippen molar-refractivity contribution in [2.45, 2.75) is 13.0 Å². The third-order valence-electron chi connectivity index (χ3n) is 5.34. The van der Waals surface area contributed by atoms with Crippen LogP contribution in [0.5, 0.6) is 0 Å². The standard InChI is InChI=1S/C27H24N4OS/c1-18(17-32-2)29-26-23-22(19-11-5-3-6-12-19)24(20-13-7-4-8-14-20)33-27(23)31-25(30-26)21-15-9-10-16-28-21/h3-16,18H,17H2,1-2H3,(H,29,30,31). The van der Waals surface area contributed by atoms with Gasteiger partial charge in [-0.3, -0.25) is 4.98 Å². The Hall–Kier alpha value is -3.61. The van der Waals surface area contributed by atoms with E-state index < -0.39 is 0 Å². The van der Waals surface area contributed by atoms with Gasteiger partial charge < -0.3 is 10.1 Å². The number of fused-ring (bicyclic) bond motifs is 1. The highest BCUT2D eigenvalue weighted by Gasteiger charge is 2.22. The predicted molar refractivity (Wildman–Crippen MR) is 136 cm³/mol. The molecule has 0 saturated heterocycles. The van der Waals surface area contributed by atoms with Crippen LogP contribution in [0.2, 0.25) is 0 Å². The number of aromatic nitrogens is 3. The topological polar surface area (TPSA) is 59.9 Å². The first-order valence-corrected chi connectivity index (χ1v) is 11.7. The number of benzene rings is 2. The number of ether oxygens (including phenoxy) is 1. The number of rotatable bonds is 7. The van der Waals surface area contributed by atoms with Crippen molar-refractivity contribution in [3.63, 3.8) is 0 Å². The van der Waals surface area contributed by atoms with Gasteiger partial charge in [-0.05, 0) is 30.2 Å². The van der Waals surface area contributed by atoms with Crippen molar-refractivity contribution in [1.29, 1.82) is 0 Å². The molecule has 0 spiro atoms. The lowest BCUT2D eigenvalue weighted by Crippen LogP contribution is -2.22. The summed E-state index contributed by atoms with van der Waals surface area (Å²) >= 11 is 1.69. The summed E-state index contributed by atoms with van der Waals surface area (Å²) in [5.74, 6) is 1.40. The Kier molecular flexibility index (Phi) is 6.11. The fourth-order valence-corrected chi connectivity index (χ4v) is 5.11. The maximum Gasteiger partial charge on any atom is 0.181 e. The Balaban J connectivity index is 1.81.